The van der Waals surface area contributed by atoms with Crippen molar-refractivity contribution in [1.29, 1.82) is 0 Å². The first kappa shape index (κ1) is 58.4. The number of ether oxygens (including phenoxy) is 3. The van der Waals surface area contributed by atoms with Crippen LogP contribution in [0.2, 0.25) is 0 Å². The average Bonchev–Trinajstić information content (AvgIpc) is 3.24. The van der Waals surface area contributed by atoms with Gasteiger partial charge >= 0.3 is 17.9 Å². The molecule has 0 aliphatic carbocycles. The number of hydrogen-bond donors (Lipinski definition) is 0. The van der Waals surface area contributed by atoms with E-state index < -0.39 is 6.10 Å². The highest BCUT2D eigenvalue weighted by Gasteiger charge is 2.19. The summed E-state index contributed by atoms with van der Waals surface area (Å²) in [4.78, 5) is 38.0. The first-order chi connectivity index (χ1) is 29.5. The predicted molar refractivity (Wildman–Crippen MR) is 257 cm³/mol. The summed E-state index contributed by atoms with van der Waals surface area (Å²) in [5.41, 5.74) is 0. The van der Waals surface area contributed by atoms with Crippen LogP contribution >= 0.6 is 0 Å². The lowest BCUT2D eigenvalue weighted by Gasteiger charge is -2.18. The van der Waals surface area contributed by atoms with E-state index in [0.717, 1.165) is 57.8 Å². The Morgan fingerprint density at radius 3 is 0.667 bits per heavy atom. The molecule has 1 atom stereocenters. The van der Waals surface area contributed by atoms with E-state index in [4.69, 9.17) is 14.2 Å². The number of carbonyl (C=O) groups excluding carboxylic acids is 3. The maximum atomic E-state index is 12.8. The molecule has 356 valence electrons. The molecule has 0 aromatic carbocycles. The number of rotatable bonds is 50. The molecule has 0 fully saturated rings. The van der Waals surface area contributed by atoms with Gasteiger partial charge in [-0.05, 0) is 19.3 Å². The van der Waals surface area contributed by atoms with Crippen molar-refractivity contribution in [1.82, 2.24) is 0 Å². The molecule has 0 rings (SSSR count). The van der Waals surface area contributed by atoms with E-state index in [-0.39, 0.29) is 31.1 Å². The Balaban J connectivity index is 4.28. The minimum Gasteiger partial charge on any atom is -0.462 e. The summed E-state index contributed by atoms with van der Waals surface area (Å²) in [6.07, 6.45) is 53.7. The summed E-state index contributed by atoms with van der Waals surface area (Å²) in [5.74, 6) is -0.838. The Labute approximate surface area is 374 Å². The second-order valence-corrected chi connectivity index (χ2v) is 18.5. The molecule has 0 bridgehead atoms. The van der Waals surface area contributed by atoms with Gasteiger partial charge < -0.3 is 14.2 Å². The molecule has 0 heterocycles. The quantitative estimate of drug-likeness (QED) is 0.0345. The van der Waals surface area contributed by atoms with Crippen molar-refractivity contribution in [3.63, 3.8) is 0 Å². The third kappa shape index (κ3) is 47.5. The van der Waals surface area contributed by atoms with Crippen LogP contribution in [-0.4, -0.2) is 37.2 Å². The molecule has 6 nitrogen and oxygen atoms in total. The van der Waals surface area contributed by atoms with Crippen LogP contribution in [0.1, 0.15) is 310 Å². The zero-order valence-corrected chi connectivity index (χ0v) is 40.8. The van der Waals surface area contributed by atoms with Crippen molar-refractivity contribution < 1.29 is 28.6 Å². The van der Waals surface area contributed by atoms with Crippen LogP contribution in [0.3, 0.4) is 0 Å². The Kier molecular flexibility index (Phi) is 48.7. The Morgan fingerprint density at radius 1 is 0.267 bits per heavy atom. The van der Waals surface area contributed by atoms with Gasteiger partial charge in [-0.15, -0.1) is 0 Å². The summed E-state index contributed by atoms with van der Waals surface area (Å²) in [5, 5.41) is 0. The van der Waals surface area contributed by atoms with E-state index in [0.29, 0.717) is 19.3 Å². The van der Waals surface area contributed by atoms with Gasteiger partial charge in [0.2, 0.25) is 0 Å². The maximum absolute atomic E-state index is 12.8. The first-order valence-corrected chi connectivity index (χ1v) is 27.0. The van der Waals surface area contributed by atoms with Gasteiger partial charge in [-0.25, -0.2) is 0 Å². The molecule has 0 saturated carbocycles. The van der Waals surface area contributed by atoms with E-state index in [2.05, 4.69) is 20.8 Å². The van der Waals surface area contributed by atoms with Crippen molar-refractivity contribution in [3.05, 3.63) is 0 Å². The third-order valence-electron chi connectivity index (χ3n) is 12.4. The molecule has 0 spiro atoms. The molecule has 60 heavy (non-hydrogen) atoms. The lowest BCUT2D eigenvalue weighted by Crippen LogP contribution is -2.30. The Hall–Kier alpha value is -1.59. The van der Waals surface area contributed by atoms with E-state index in [1.807, 2.05) is 0 Å². The molecule has 0 N–H and O–H groups in total. The van der Waals surface area contributed by atoms with Gasteiger partial charge in [0.15, 0.2) is 6.10 Å². The molecule has 0 aliphatic rings. The normalized spacial score (nSPS) is 11.8. The van der Waals surface area contributed by atoms with E-state index in [1.165, 1.54) is 212 Å². The second-order valence-electron chi connectivity index (χ2n) is 18.5. The smallest absolute Gasteiger partial charge is 0.306 e. The SMILES string of the molecule is CCCCCCCCCCCCCCCCCCC(=O)OC[C@H](COC(=O)CCCCCCCCCCCCC)OC(=O)CCCCCCCCCCCCCCCCC. The van der Waals surface area contributed by atoms with Crippen molar-refractivity contribution in [2.75, 3.05) is 13.2 Å². The maximum Gasteiger partial charge on any atom is 0.306 e. The van der Waals surface area contributed by atoms with Crippen LogP contribution in [-0.2, 0) is 28.6 Å². The highest BCUT2D eigenvalue weighted by molar-refractivity contribution is 5.71. The lowest BCUT2D eigenvalue weighted by molar-refractivity contribution is -0.167. The van der Waals surface area contributed by atoms with Gasteiger partial charge in [0.1, 0.15) is 13.2 Å². The topological polar surface area (TPSA) is 78.9 Å². The summed E-state index contributed by atoms with van der Waals surface area (Å²) >= 11 is 0. The van der Waals surface area contributed by atoms with Gasteiger partial charge in [-0.1, -0.05) is 271 Å². The number of carbonyl (C=O) groups is 3. The van der Waals surface area contributed by atoms with Gasteiger partial charge in [0.05, 0.1) is 0 Å². The molecule has 0 aliphatic heterocycles. The molecule has 0 amide bonds. The van der Waals surface area contributed by atoms with Gasteiger partial charge in [-0.2, -0.15) is 0 Å². The Bertz CT molecular complexity index is 889. The molecule has 0 saturated heterocycles. The fourth-order valence-electron chi connectivity index (χ4n) is 8.27. The second kappa shape index (κ2) is 50.1. The predicted octanol–water partition coefficient (Wildman–Crippen LogP) is 17.6. The average molecular weight is 849 g/mol. The zero-order chi connectivity index (χ0) is 43.7. The summed E-state index contributed by atoms with van der Waals surface area (Å²) in [7, 11) is 0. The molecule has 0 aromatic rings. The van der Waals surface area contributed by atoms with Crippen LogP contribution in [0.4, 0.5) is 0 Å². The van der Waals surface area contributed by atoms with Crippen LogP contribution in [0.25, 0.3) is 0 Å². The molecule has 0 radical (unpaired) electrons. The highest BCUT2D eigenvalue weighted by atomic mass is 16.6. The number of unbranched alkanes of at least 4 members (excludes halogenated alkanes) is 39. The largest absolute Gasteiger partial charge is 0.462 e. The minimum atomic E-state index is -0.759. The third-order valence-corrected chi connectivity index (χ3v) is 12.4. The minimum absolute atomic E-state index is 0.0615. The molecule has 0 aromatic heterocycles. The van der Waals surface area contributed by atoms with Crippen molar-refractivity contribution in [2.45, 2.75) is 316 Å². The van der Waals surface area contributed by atoms with Crippen molar-refractivity contribution in [3.8, 4) is 0 Å². The number of hydrogen-bond acceptors (Lipinski definition) is 6. The van der Waals surface area contributed by atoms with Crippen LogP contribution < -0.4 is 0 Å². The van der Waals surface area contributed by atoms with E-state index in [9.17, 15) is 14.4 Å². The standard InChI is InChI=1S/C54H104O6/c1-4-7-10-13-16-19-22-24-26-28-29-32-35-38-41-44-47-53(56)59-50-51(49-58-52(55)46-43-40-37-34-31-21-18-15-12-9-6-3)60-54(57)48-45-42-39-36-33-30-27-25-23-20-17-14-11-8-5-2/h51H,4-50H2,1-3H3/t51-/m0/s1. The van der Waals surface area contributed by atoms with Crippen molar-refractivity contribution in [2.24, 2.45) is 0 Å². The summed E-state index contributed by atoms with van der Waals surface area (Å²) in [6, 6.07) is 0. The van der Waals surface area contributed by atoms with Gasteiger partial charge in [-0.3, -0.25) is 14.4 Å². The van der Waals surface area contributed by atoms with Crippen LogP contribution in [0.15, 0.2) is 0 Å². The first-order valence-electron chi connectivity index (χ1n) is 27.0. The lowest BCUT2D eigenvalue weighted by atomic mass is 10.0. The fourth-order valence-corrected chi connectivity index (χ4v) is 8.27. The zero-order valence-electron chi connectivity index (χ0n) is 40.8. The monoisotopic (exact) mass is 849 g/mol. The van der Waals surface area contributed by atoms with Crippen LogP contribution in [0.5, 0.6) is 0 Å². The Morgan fingerprint density at radius 2 is 0.450 bits per heavy atom. The molecular formula is C54H104O6. The summed E-state index contributed by atoms with van der Waals surface area (Å²) in [6.45, 7) is 6.69. The van der Waals surface area contributed by atoms with Gasteiger partial charge in [0, 0.05) is 19.3 Å². The number of esters is 3. The fraction of sp³-hybridized carbons (Fsp3) is 0.944. The highest BCUT2D eigenvalue weighted by Crippen LogP contribution is 2.17. The van der Waals surface area contributed by atoms with E-state index >= 15 is 0 Å². The van der Waals surface area contributed by atoms with Crippen molar-refractivity contribution >= 4 is 17.9 Å². The van der Waals surface area contributed by atoms with E-state index in [1.54, 1.807) is 0 Å². The summed E-state index contributed by atoms with van der Waals surface area (Å²) < 4.78 is 16.8. The molecule has 6 heteroatoms. The van der Waals surface area contributed by atoms with Crippen LogP contribution in [0, 0.1) is 0 Å². The molecule has 0 unspecified atom stereocenters. The van der Waals surface area contributed by atoms with Gasteiger partial charge in [0.25, 0.3) is 0 Å². The molecular weight excluding hydrogens is 745 g/mol.